The van der Waals surface area contributed by atoms with Crippen LogP contribution >= 0.6 is 27.7 Å². The van der Waals surface area contributed by atoms with Crippen molar-refractivity contribution in [2.75, 3.05) is 18.8 Å². The molecule has 0 amide bonds. The van der Waals surface area contributed by atoms with Gasteiger partial charge in [0.25, 0.3) is 0 Å². The van der Waals surface area contributed by atoms with Crippen molar-refractivity contribution in [3.8, 4) is 0 Å². The number of hydrogen-bond donors (Lipinski definition) is 1. The molecule has 2 nitrogen and oxygen atoms in total. The van der Waals surface area contributed by atoms with Crippen LogP contribution in [0.2, 0.25) is 0 Å². The maximum Gasteiger partial charge on any atom is 0.0960 e. The van der Waals surface area contributed by atoms with Gasteiger partial charge in [0.2, 0.25) is 0 Å². The molecular formula is C11H15BrN2S. The van der Waals surface area contributed by atoms with Crippen molar-refractivity contribution in [3.05, 3.63) is 22.8 Å². The second-order valence-corrected chi connectivity index (χ2v) is 5.77. The van der Waals surface area contributed by atoms with Crippen LogP contribution in [-0.4, -0.2) is 23.8 Å². The summed E-state index contributed by atoms with van der Waals surface area (Å²) in [6.45, 7) is 2.36. The third-order valence-corrected chi connectivity index (χ3v) is 4.27. The SMILES string of the molecule is Brc1ccc(SCC2CCNCC2)nc1. The number of aromatic nitrogens is 1. The van der Waals surface area contributed by atoms with E-state index in [1.807, 2.05) is 18.0 Å². The summed E-state index contributed by atoms with van der Waals surface area (Å²) in [5, 5.41) is 4.53. The number of pyridine rings is 1. The average Bonchev–Trinajstić information content (AvgIpc) is 2.30. The Bertz CT molecular complexity index is 296. The minimum atomic E-state index is 0.863. The fourth-order valence-electron chi connectivity index (χ4n) is 1.70. The second-order valence-electron chi connectivity index (χ2n) is 3.82. The topological polar surface area (TPSA) is 24.9 Å². The maximum atomic E-state index is 4.36. The fourth-order valence-corrected chi connectivity index (χ4v) is 2.97. The zero-order valence-corrected chi connectivity index (χ0v) is 11.0. The summed E-state index contributed by atoms with van der Waals surface area (Å²) in [7, 11) is 0. The number of piperidine rings is 1. The van der Waals surface area contributed by atoms with Crippen molar-refractivity contribution in [3.63, 3.8) is 0 Å². The van der Waals surface area contributed by atoms with E-state index >= 15 is 0 Å². The van der Waals surface area contributed by atoms with Crippen LogP contribution in [0, 0.1) is 5.92 Å². The minimum absolute atomic E-state index is 0.863. The van der Waals surface area contributed by atoms with Gasteiger partial charge in [0.15, 0.2) is 0 Å². The van der Waals surface area contributed by atoms with Crippen LogP contribution < -0.4 is 5.32 Å². The summed E-state index contributed by atoms with van der Waals surface area (Å²) in [5.74, 6) is 2.07. The third-order valence-electron chi connectivity index (χ3n) is 2.63. The number of rotatable bonds is 3. The molecule has 4 heteroatoms. The third kappa shape index (κ3) is 3.78. The van der Waals surface area contributed by atoms with Gasteiger partial charge in [0, 0.05) is 16.4 Å². The standard InChI is InChI=1S/C11H15BrN2S/c12-10-1-2-11(14-7-10)15-8-9-3-5-13-6-4-9/h1-2,7,9,13H,3-6,8H2. The quantitative estimate of drug-likeness (QED) is 0.865. The molecular weight excluding hydrogens is 272 g/mol. The van der Waals surface area contributed by atoms with Crippen molar-refractivity contribution in [2.24, 2.45) is 5.92 Å². The second kappa shape index (κ2) is 5.87. The van der Waals surface area contributed by atoms with Crippen molar-refractivity contribution < 1.29 is 0 Å². The van der Waals surface area contributed by atoms with Gasteiger partial charge in [-0.15, -0.1) is 11.8 Å². The zero-order valence-electron chi connectivity index (χ0n) is 8.58. The fraction of sp³-hybridized carbons (Fsp3) is 0.545. The van der Waals surface area contributed by atoms with E-state index in [1.54, 1.807) is 0 Å². The van der Waals surface area contributed by atoms with Gasteiger partial charge in [-0.3, -0.25) is 0 Å². The molecule has 1 aliphatic heterocycles. The van der Waals surface area contributed by atoms with E-state index in [0.29, 0.717) is 0 Å². The van der Waals surface area contributed by atoms with Crippen LogP contribution in [0.1, 0.15) is 12.8 Å². The lowest BCUT2D eigenvalue weighted by Gasteiger charge is -2.21. The van der Waals surface area contributed by atoms with Crippen LogP contribution in [0.3, 0.4) is 0 Å². The lowest BCUT2D eigenvalue weighted by atomic mass is 10.0. The first-order chi connectivity index (χ1) is 7.34. The van der Waals surface area contributed by atoms with Gasteiger partial charge in [-0.1, -0.05) is 0 Å². The van der Waals surface area contributed by atoms with E-state index in [0.717, 1.165) is 15.4 Å². The van der Waals surface area contributed by atoms with Crippen molar-refractivity contribution in [1.29, 1.82) is 0 Å². The van der Waals surface area contributed by atoms with E-state index in [-0.39, 0.29) is 0 Å². The van der Waals surface area contributed by atoms with E-state index < -0.39 is 0 Å². The van der Waals surface area contributed by atoms with Crippen molar-refractivity contribution in [1.82, 2.24) is 10.3 Å². The smallest absolute Gasteiger partial charge is 0.0960 e. The number of thioether (sulfide) groups is 1. The molecule has 15 heavy (non-hydrogen) atoms. The highest BCUT2D eigenvalue weighted by molar-refractivity contribution is 9.10. The Morgan fingerprint density at radius 3 is 2.87 bits per heavy atom. The molecule has 1 aromatic rings. The monoisotopic (exact) mass is 286 g/mol. The molecule has 0 radical (unpaired) electrons. The number of nitrogens with zero attached hydrogens (tertiary/aromatic N) is 1. The molecule has 2 heterocycles. The predicted octanol–water partition coefficient (Wildman–Crippen LogP) is 2.94. The molecule has 0 atom stereocenters. The molecule has 0 aliphatic carbocycles. The molecule has 1 N–H and O–H groups in total. The van der Waals surface area contributed by atoms with E-state index in [4.69, 9.17) is 0 Å². The first-order valence-electron chi connectivity index (χ1n) is 5.29. The average molecular weight is 287 g/mol. The highest BCUT2D eigenvalue weighted by Gasteiger charge is 2.13. The molecule has 2 rings (SSSR count). The van der Waals surface area contributed by atoms with E-state index in [1.165, 1.54) is 31.7 Å². The molecule has 1 aliphatic rings. The van der Waals surface area contributed by atoms with E-state index in [9.17, 15) is 0 Å². The number of nitrogens with one attached hydrogen (secondary N) is 1. The highest BCUT2D eigenvalue weighted by atomic mass is 79.9. The molecule has 0 aromatic carbocycles. The van der Waals surface area contributed by atoms with Crippen LogP contribution in [-0.2, 0) is 0 Å². The Morgan fingerprint density at radius 1 is 1.40 bits per heavy atom. The molecule has 1 fully saturated rings. The Kier molecular flexibility index (Phi) is 4.47. The van der Waals surface area contributed by atoms with E-state index in [2.05, 4.69) is 38.4 Å². The zero-order chi connectivity index (χ0) is 10.5. The van der Waals surface area contributed by atoms with Gasteiger partial charge in [-0.25, -0.2) is 4.98 Å². The number of halogens is 1. The summed E-state index contributed by atoms with van der Waals surface area (Å²) in [4.78, 5) is 4.36. The summed E-state index contributed by atoms with van der Waals surface area (Å²) < 4.78 is 1.05. The largest absolute Gasteiger partial charge is 0.317 e. The molecule has 1 aromatic heterocycles. The van der Waals surface area contributed by atoms with Crippen LogP contribution in [0.4, 0.5) is 0 Å². The van der Waals surface area contributed by atoms with Gasteiger partial charge >= 0.3 is 0 Å². The lowest BCUT2D eigenvalue weighted by Crippen LogP contribution is -2.28. The Balaban J connectivity index is 1.79. The summed E-state index contributed by atoms with van der Waals surface area (Å²) in [5.41, 5.74) is 0. The molecule has 0 unspecified atom stereocenters. The van der Waals surface area contributed by atoms with Gasteiger partial charge in [-0.05, 0) is 59.9 Å². The predicted molar refractivity (Wildman–Crippen MR) is 68.3 cm³/mol. The van der Waals surface area contributed by atoms with Crippen LogP contribution in [0.25, 0.3) is 0 Å². The van der Waals surface area contributed by atoms with Crippen LogP contribution in [0.15, 0.2) is 27.8 Å². The normalized spacial score (nSPS) is 17.9. The summed E-state index contributed by atoms with van der Waals surface area (Å²) >= 11 is 5.27. The Morgan fingerprint density at radius 2 is 2.20 bits per heavy atom. The molecule has 0 spiro atoms. The molecule has 0 saturated carbocycles. The Hall–Kier alpha value is -0.0600. The summed E-state index contributed by atoms with van der Waals surface area (Å²) in [6.07, 6.45) is 4.48. The lowest BCUT2D eigenvalue weighted by molar-refractivity contribution is 0.408. The van der Waals surface area contributed by atoms with Gasteiger partial charge < -0.3 is 5.32 Å². The molecule has 82 valence electrons. The van der Waals surface area contributed by atoms with Gasteiger partial charge in [0.1, 0.15) is 0 Å². The molecule has 1 saturated heterocycles. The van der Waals surface area contributed by atoms with Crippen LogP contribution in [0.5, 0.6) is 0 Å². The number of hydrogen-bond acceptors (Lipinski definition) is 3. The minimum Gasteiger partial charge on any atom is -0.317 e. The first-order valence-corrected chi connectivity index (χ1v) is 7.07. The maximum absolute atomic E-state index is 4.36. The highest BCUT2D eigenvalue weighted by Crippen LogP contribution is 2.23. The van der Waals surface area contributed by atoms with Crippen molar-refractivity contribution >= 4 is 27.7 Å². The van der Waals surface area contributed by atoms with Gasteiger partial charge in [-0.2, -0.15) is 0 Å². The van der Waals surface area contributed by atoms with Gasteiger partial charge in [0.05, 0.1) is 5.03 Å². The first kappa shape index (κ1) is 11.4. The molecule has 0 bridgehead atoms. The Labute approximate surface area is 103 Å². The van der Waals surface area contributed by atoms with Crippen molar-refractivity contribution in [2.45, 2.75) is 17.9 Å². The summed E-state index contributed by atoms with van der Waals surface area (Å²) in [6, 6.07) is 4.13.